The number of halogens is 1. The van der Waals surface area contributed by atoms with E-state index < -0.39 is 0 Å². The van der Waals surface area contributed by atoms with Crippen LogP contribution in [-0.4, -0.2) is 15.9 Å². The Hall–Kier alpha value is -3.47. The first-order valence-electron chi connectivity index (χ1n) is 7.80. The molecule has 0 fully saturated rings. The minimum Gasteiger partial charge on any atom is -0.345 e. The van der Waals surface area contributed by atoms with E-state index in [0.717, 1.165) is 11.3 Å². The number of para-hydroxylation sites is 1. The summed E-state index contributed by atoms with van der Waals surface area (Å²) in [6.45, 7) is 0. The Labute approximate surface area is 143 Å². The second-order valence-corrected chi connectivity index (χ2v) is 5.65. The second kappa shape index (κ2) is 6.20. The van der Waals surface area contributed by atoms with Crippen LogP contribution in [0.5, 0.6) is 0 Å². The number of pyridine rings is 1. The van der Waals surface area contributed by atoms with E-state index in [0.29, 0.717) is 22.2 Å². The number of carbonyl (C=O) groups excluding carboxylic acids is 1. The first-order valence-corrected chi connectivity index (χ1v) is 7.80. The number of nitrogens with one attached hydrogen (secondary N) is 2. The quantitative estimate of drug-likeness (QED) is 0.575. The summed E-state index contributed by atoms with van der Waals surface area (Å²) in [7, 11) is 0. The van der Waals surface area contributed by atoms with Crippen LogP contribution in [0, 0.1) is 5.82 Å². The fourth-order valence-electron chi connectivity index (χ4n) is 2.74. The molecule has 0 atom stereocenters. The molecule has 0 aliphatic rings. The van der Waals surface area contributed by atoms with Gasteiger partial charge < -0.3 is 10.3 Å². The number of anilines is 1. The van der Waals surface area contributed by atoms with Gasteiger partial charge in [-0.15, -0.1) is 0 Å². The predicted molar refractivity (Wildman–Crippen MR) is 95.9 cm³/mol. The zero-order chi connectivity index (χ0) is 17.2. The van der Waals surface area contributed by atoms with Crippen LogP contribution in [-0.2, 0) is 0 Å². The maximum Gasteiger partial charge on any atom is 0.257 e. The maximum absolute atomic E-state index is 13.5. The van der Waals surface area contributed by atoms with Crippen molar-refractivity contribution in [3.8, 4) is 11.1 Å². The van der Waals surface area contributed by atoms with Gasteiger partial charge >= 0.3 is 0 Å². The van der Waals surface area contributed by atoms with Crippen LogP contribution in [0.4, 0.5) is 10.1 Å². The molecule has 0 aliphatic heterocycles. The molecule has 0 saturated heterocycles. The Morgan fingerprint density at radius 3 is 2.64 bits per heavy atom. The van der Waals surface area contributed by atoms with Gasteiger partial charge in [0.25, 0.3) is 5.91 Å². The molecule has 0 spiro atoms. The summed E-state index contributed by atoms with van der Waals surface area (Å²) in [5, 5.41) is 3.55. The molecular formula is C20H14FN3O. The number of aromatic nitrogens is 2. The number of H-pyrrole nitrogens is 1. The highest BCUT2D eigenvalue weighted by Crippen LogP contribution is 2.25. The Morgan fingerprint density at radius 2 is 1.84 bits per heavy atom. The van der Waals surface area contributed by atoms with Gasteiger partial charge in [-0.2, -0.15) is 0 Å². The molecule has 25 heavy (non-hydrogen) atoms. The van der Waals surface area contributed by atoms with Gasteiger partial charge in [0.2, 0.25) is 0 Å². The molecule has 2 aromatic heterocycles. The van der Waals surface area contributed by atoms with Crippen molar-refractivity contribution in [3.05, 3.63) is 84.4 Å². The van der Waals surface area contributed by atoms with E-state index in [-0.39, 0.29) is 11.7 Å². The van der Waals surface area contributed by atoms with Gasteiger partial charge in [-0.3, -0.25) is 4.79 Å². The van der Waals surface area contributed by atoms with Crippen molar-refractivity contribution in [2.24, 2.45) is 0 Å². The Kier molecular flexibility index (Phi) is 3.74. The summed E-state index contributed by atoms with van der Waals surface area (Å²) in [5.41, 5.74) is 3.28. The average Bonchev–Trinajstić information content (AvgIpc) is 3.06. The Balaban J connectivity index is 1.73. The van der Waals surface area contributed by atoms with Crippen molar-refractivity contribution in [1.82, 2.24) is 9.97 Å². The molecule has 4 rings (SSSR count). The highest BCUT2D eigenvalue weighted by molar-refractivity contribution is 6.12. The van der Waals surface area contributed by atoms with Crippen LogP contribution in [0.25, 0.3) is 22.2 Å². The third-order valence-electron chi connectivity index (χ3n) is 3.97. The number of hydrogen-bond donors (Lipinski definition) is 2. The molecule has 0 saturated carbocycles. The van der Waals surface area contributed by atoms with E-state index in [1.807, 2.05) is 42.5 Å². The monoisotopic (exact) mass is 331 g/mol. The molecule has 4 nitrogen and oxygen atoms in total. The number of aromatic amines is 1. The summed E-state index contributed by atoms with van der Waals surface area (Å²) < 4.78 is 13.5. The third-order valence-corrected chi connectivity index (χ3v) is 3.97. The molecule has 0 bridgehead atoms. The molecule has 4 aromatic rings. The first-order chi connectivity index (χ1) is 12.2. The fraction of sp³-hybridized carbons (Fsp3) is 0. The minimum absolute atomic E-state index is 0.226. The number of hydrogen-bond acceptors (Lipinski definition) is 2. The SMILES string of the molecule is O=C(Nc1ccccc1)c1c[nH]c2ncc(-c3cccc(F)c3)cc12. The predicted octanol–water partition coefficient (Wildman–Crippen LogP) is 4.62. The maximum atomic E-state index is 13.5. The van der Waals surface area contributed by atoms with Gasteiger partial charge in [0, 0.05) is 29.0 Å². The van der Waals surface area contributed by atoms with Gasteiger partial charge in [-0.05, 0) is 35.9 Å². The molecule has 0 aliphatic carbocycles. The number of carbonyl (C=O) groups is 1. The summed E-state index contributed by atoms with van der Waals surface area (Å²) in [4.78, 5) is 19.9. The van der Waals surface area contributed by atoms with Crippen LogP contribution >= 0.6 is 0 Å². The smallest absolute Gasteiger partial charge is 0.257 e. The van der Waals surface area contributed by atoms with Crippen LogP contribution in [0.15, 0.2) is 73.1 Å². The van der Waals surface area contributed by atoms with E-state index >= 15 is 0 Å². The lowest BCUT2D eigenvalue weighted by atomic mass is 10.1. The molecule has 5 heteroatoms. The molecule has 122 valence electrons. The molecule has 2 heterocycles. The van der Waals surface area contributed by atoms with E-state index in [1.165, 1.54) is 12.1 Å². The molecule has 2 aromatic carbocycles. The summed E-state index contributed by atoms with van der Waals surface area (Å²) in [6, 6.07) is 17.4. The van der Waals surface area contributed by atoms with Crippen LogP contribution in [0.1, 0.15) is 10.4 Å². The van der Waals surface area contributed by atoms with Crippen molar-refractivity contribution >= 4 is 22.6 Å². The fourth-order valence-corrected chi connectivity index (χ4v) is 2.74. The van der Waals surface area contributed by atoms with Crippen LogP contribution < -0.4 is 5.32 Å². The molecule has 0 radical (unpaired) electrons. The van der Waals surface area contributed by atoms with Crippen molar-refractivity contribution in [2.45, 2.75) is 0 Å². The summed E-state index contributed by atoms with van der Waals surface area (Å²) in [6.07, 6.45) is 3.29. The van der Waals surface area contributed by atoms with Gasteiger partial charge in [0.05, 0.1) is 5.56 Å². The summed E-state index contributed by atoms with van der Waals surface area (Å²) >= 11 is 0. The number of rotatable bonds is 3. The third kappa shape index (κ3) is 2.99. The largest absolute Gasteiger partial charge is 0.345 e. The van der Waals surface area contributed by atoms with Crippen LogP contribution in [0.3, 0.4) is 0 Å². The molecule has 1 amide bonds. The van der Waals surface area contributed by atoms with Crippen molar-refractivity contribution in [1.29, 1.82) is 0 Å². The van der Waals surface area contributed by atoms with E-state index in [2.05, 4.69) is 15.3 Å². The average molecular weight is 331 g/mol. The van der Waals surface area contributed by atoms with E-state index in [9.17, 15) is 9.18 Å². The number of fused-ring (bicyclic) bond motifs is 1. The van der Waals surface area contributed by atoms with Crippen molar-refractivity contribution < 1.29 is 9.18 Å². The first kappa shape index (κ1) is 15.1. The molecular weight excluding hydrogens is 317 g/mol. The zero-order valence-electron chi connectivity index (χ0n) is 13.2. The second-order valence-electron chi connectivity index (χ2n) is 5.65. The van der Waals surface area contributed by atoms with Gasteiger partial charge in [-0.25, -0.2) is 9.37 Å². The minimum atomic E-state index is -0.311. The normalized spacial score (nSPS) is 10.8. The van der Waals surface area contributed by atoms with Gasteiger partial charge in [0.1, 0.15) is 11.5 Å². The highest BCUT2D eigenvalue weighted by Gasteiger charge is 2.14. The highest BCUT2D eigenvalue weighted by atomic mass is 19.1. The zero-order valence-corrected chi connectivity index (χ0v) is 13.2. The topological polar surface area (TPSA) is 57.8 Å². The lowest BCUT2D eigenvalue weighted by Gasteiger charge is -2.05. The lowest BCUT2D eigenvalue weighted by Crippen LogP contribution is -2.11. The van der Waals surface area contributed by atoms with Crippen molar-refractivity contribution in [2.75, 3.05) is 5.32 Å². The molecule has 0 unspecified atom stereocenters. The molecule has 2 N–H and O–H groups in total. The Bertz CT molecular complexity index is 1060. The summed E-state index contributed by atoms with van der Waals surface area (Å²) in [5.74, 6) is -0.538. The number of nitrogens with zero attached hydrogens (tertiary/aromatic N) is 1. The van der Waals surface area contributed by atoms with Crippen LogP contribution in [0.2, 0.25) is 0 Å². The standard InChI is InChI=1S/C20H14FN3O/c21-15-6-4-5-13(9-15)14-10-17-18(12-23-19(17)22-11-14)20(25)24-16-7-2-1-3-8-16/h1-12H,(H,22,23)(H,24,25). The van der Waals surface area contributed by atoms with E-state index in [1.54, 1.807) is 18.5 Å². The van der Waals surface area contributed by atoms with E-state index in [4.69, 9.17) is 0 Å². The van der Waals surface area contributed by atoms with Crippen molar-refractivity contribution in [3.63, 3.8) is 0 Å². The Morgan fingerprint density at radius 1 is 1.00 bits per heavy atom. The van der Waals surface area contributed by atoms with Gasteiger partial charge in [0.15, 0.2) is 0 Å². The number of amides is 1. The lowest BCUT2D eigenvalue weighted by molar-refractivity contribution is 0.102. The van der Waals surface area contributed by atoms with Gasteiger partial charge in [-0.1, -0.05) is 30.3 Å². The number of benzene rings is 2.